The zero-order valence-electron chi connectivity index (χ0n) is 7.72. The predicted molar refractivity (Wildman–Crippen MR) is 43.4 cm³/mol. The maximum atomic E-state index is 11.2. The Balaban J connectivity index is 2.79. The van der Waals surface area contributed by atoms with E-state index in [2.05, 4.69) is 15.1 Å². The number of ketones is 2. The lowest BCUT2D eigenvalue weighted by molar-refractivity contribution is -0.156. The summed E-state index contributed by atoms with van der Waals surface area (Å²) in [6.45, 7) is 1.50. The Morgan fingerprint density at radius 3 is 2.73 bits per heavy atom. The van der Waals surface area contributed by atoms with Gasteiger partial charge in [0.05, 0.1) is 6.61 Å². The number of ether oxygens (including phenoxy) is 1. The molecule has 1 unspecified atom stereocenters. The number of esters is 1. The van der Waals surface area contributed by atoms with E-state index in [-0.39, 0.29) is 6.61 Å². The van der Waals surface area contributed by atoms with Crippen molar-refractivity contribution in [3.63, 3.8) is 0 Å². The molecule has 1 heterocycles. The van der Waals surface area contributed by atoms with E-state index in [0.717, 1.165) is 0 Å². The Morgan fingerprint density at radius 2 is 2.13 bits per heavy atom. The van der Waals surface area contributed by atoms with Crippen molar-refractivity contribution in [2.75, 3.05) is 6.61 Å². The van der Waals surface area contributed by atoms with Crippen molar-refractivity contribution in [1.82, 2.24) is 5.43 Å². The fourth-order valence-corrected chi connectivity index (χ4v) is 0.849. The number of carbonyl (C=O) groups excluding carboxylic acids is 4. The normalized spacial score (nSPS) is 19.7. The Kier molecular flexibility index (Phi) is 3.21. The smallest absolute Gasteiger partial charge is 0.377 e. The van der Waals surface area contributed by atoms with E-state index in [4.69, 9.17) is 0 Å². The second kappa shape index (κ2) is 4.40. The van der Waals surface area contributed by atoms with E-state index in [9.17, 15) is 19.2 Å². The minimum atomic E-state index is -1.71. The molecule has 15 heavy (non-hydrogen) atoms. The number of hydrogen-bond donors (Lipinski definition) is 1. The van der Waals surface area contributed by atoms with Crippen molar-refractivity contribution in [2.45, 2.75) is 13.0 Å². The molecular formula is C7H7N3O5. The third-order valence-electron chi connectivity index (χ3n) is 1.52. The Labute approximate surface area is 83.6 Å². The van der Waals surface area contributed by atoms with Gasteiger partial charge in [-0.25, -0.2) is 10.2 Å². The average molecular weight is 213 g/mol. The van der Waals surface area contributed by atoms with Crippen molar-refractivity contribution in [3.8, 4) is 0 Å². The molecule has 0 aliphatic carbocycles. The fourth-order valence-electron chi connectivity index (χ4n) is 0.849. The number of rotatable bonds is 3. The lowest BCUT2D eigenvalue weighted by Crippen LogP contribution is -2.45. The van der Waals surface area contributed by atoms with Gasteiger partial charge in [-0.3, -0.25) is 14.4 Å². The Bertz CT molecular complexity index is 362. The number of amides is 1. The first kappa shape index (κ1) is 11.0. The van der Waals surface area contributed by atoms with Crippen LogP contribution in [0.4, 0.5) is 0 Å². The zero-order chi connectivity index (χ0) is 11.4. The molecule has 1 aliphatic heterocycles. The summed E-state index contributed by atoms with van der Waals surface area (Å²) >= 11 is 0. The second-order valence-electron chi connectivity index (χ2n) is 2.51. The summed E-state index contributed by atoms with van der Waals surface area (Å²) in [6.07, 6.45) is 0. The van der Waals surface area contributed by atoms with E-state index in [1.165, 1.54) is 6.92 Å². The van der Waals surface area contributed by atoms with Crippen LogP contribution in [0.1, 0.15) is 6.92 Å². The van der Waals surface area contributed by atoms with Crippen molar-refractivity contribution >= 4 is 23.4 Å². The van der Waals surface area contributed by atoms with Crippen molar-refractivity contribution in [2.24, 2.45) is 10.3 Å². The summed E-state index contributed by atoms with van der Waals surface area (Å²) in [5.41, 5.74) is 1.75. The van der Waals surface area contributed by atoms with Crippen LogP contribution in [0, 0.1) is 0 Å². The summed E-state index contributed by atoms with van der Waals surface area (Å²) < 4.78 is 4.37. The van der Waals surface area contributed by atoms with Crippen LogP contribution in [-0.4, -0.2) is 36.1 Å². The first-order chi connectivity index (χ1) is 7.07. The number of hydrogen-bond acceptors (Lipinski definition) is 7. The monoisotopic (exact) mass is 213 g/mol. The summed E-state index contributed by atoms with van der Waals surface area (Å²) in [5, 5.41) is 6.19. The molecule has 1 amide bonds. The highest BCUT2D eigenvalue weighted by Crippen LogP contribution is 2.03. The number of carbonyl (C=O) groups is 4. The average Bonchev–Trinajstić information content (AvgIpc) is 2.21. The second-order valence-corrected chi connectivity index (χ2v) is 2.51. The highest BCUT2D eigenvalue weighted by molar-refractivity contribution is 6.50. The van der Waals surface area contributed by atoms with Crippen LogP contribution in [0.25, 0.3) is 0 Å². The predicted octanol–water partition coefficient (Wildman–Crippen LogP) is -1.45. The van der Waals surface area contributed by atoms with Gasteiger partial charge in [-0.15, -0.1) is 5.11 Å². The maximum Gasteiger partial charge on any atom is 0.377 e. The summed E-state index contributed by atoms with van der Waals surface area (Å²) in [6, 6.07) is -1.71. The van der Waals surface area contributed by atoms with Gasteiger partial charge in [0, 0.05) is 0 Å². The van der Waals surface area contributed by atoms with Crippen LogP contribution in [0.5, 0.6) is 0 Å². The van der Waals surface area contributed by atoms with Crippen LogP contribution in [0.3, 0.4) is 0 Å². The maximum absolute atomic E-state index is 11.2. The van der Waals surface area contributed by atoms with Gasteiger partial charge in [-0.05, 0) is 6.92 Å². The first-order valence-electron chi connectivity index (χ1n) is 4.03. The standard InChI is InChI=1S/C7H7N3O5/c1-2-15-7(14)5(12)3-4(11)6(13)9-10-8-3/h3H,2H2,1H3,(H,8,9,13). The van der Waals surface area contributed by atoms with Crippen LogP contribution in [0.15, 0.2) is 10.3 Å². The first-order valence-corrected chi connectivity index (χ1v) is 4.03. The number of Topliss-reactive ketones (excluding diaryl/α,β-unsaturated/α-hetero) is 2. The molecule has 1 atom stereocenters. The molecule has 0 bridgehead atoms. The largest absolute Gasteiger partial charge is 0.460 e. The third-order valence-corrected chi connectivity index (χ3v) is 1.52. The fraction of sp³-hybridized carbons (Fsp3) is 0.429. The Morgan fingerprint density at radius 1 is 1.47 bits per heavy atom. The van der Waals surface area contributed by atoms with Crippen LogP contribution < -0.4 is 5.43 Å². The van der Waals surface area contributed by atoms with Gasteiger partial charge >= 0.3 is 11.9 Å². The molecule has 0 aromatic rings. The zero-order valence-corrected chi connectivity index (χ0v) is 7.72. The minimum Gasteiger partial charge on any atom is -0.460 e. The molecule has 80 valence electrons. The van der Waals surface area contributed by atoms with E-state index >= 15 is 0 Å². The minimum absolute atomic E-state index is 0.00514. The van der Waals surface area contributed by atoms with Crippen LogP contribution in [0.2, 0.25) is 0 Å². The molecule has 0 fully saturated rings. The third kappa shape index (κ3) is 2.22. The molecule has 0 aromatic carbocycles. The quantitative estimate of drug-likeness (QED) is 0.350. The summed E-state index contributed by atoms with van der Waals surface area (Å²) in [4.78, 5) is 44.0. The molecule has 1 aliphatic rings. The Hall–Kier alpha value is -2.12. The van der Waals surface area contributed by atoms with Gasteiger partial charge in [-0.1, -0.05) is 5.22 Å². The molecule has 0 aromatic heterocycles. The van der Waals surface area contributed by atoms with E-state index < -0.39 is 29.5 Å². The highest BCUT2D eigenvalue weighted by Gasteiger charge is 2.38. The van der Waals surface area contributed by atoms with Crippen LogP contribution in [-0.2, 0) is 23.9 Å². The van der Waals surface area contributed by atoms with Crippen molar-refractivity contribution in [3.05, 3.63) is 0 Å². The lowest BCUT2D eigenvalue weighted by atomic mass is 10.1. The molecule has 8 heteroatoms. The van der Waals surface area contributed by atoms with Gasteiger partial charge in [-0.2, -0.15) is 0 Å². The number of nitrogens with zero attached hydrogens (tertiary/aromatic N) is 2. The lowest BCUT2D eigenvalue weighted by Gasteiger charge is -2.10. The van der Waals surface area contributed by atoms with Gasteiger partial charge in [0.1, 0.15) is 0 Å². The molecular weight excluding hydrogens is 206 g/mol. The molecule has 0 saturated carbocycles. The van der Waals surface area contributed by atoms with Gasteiger partial charge in [0.25, 0.3) is 11.6 Å². The molecule has 0 spiro atoms. The van der Waals surface area contributed by atoms with Crippen molar-refractivity contribution < 1.29 is 23.9 Å². The summed E-state index contributed by atoms with van der Waals surface area (Å²) in [5.74, 6) is -4.60. The van der Waals surface area contributed by atoms with E-state index in [1.807, 2.05) is 0 Å². The number of nitrogens with one attached hydrogen (secondary N) is 1. The molecule has 8 nitrogen and oxygen atoms in total. The van der Waals surface area contributed by atoms with Gasteiger partial charge in [0.2, 0.25) is 6.04 Å². The van der Waals surface area contributed by atoms with Gasteiger partial charge in [0.15, 0.2) is 0 Å². The highest BCUT2D eigenvalue weighted by atomic mass is 16.5. The molecule has 0 saturated heterocycles. The van der Waals surface area contributed by atoms with Gasteiger partial charge < -0.3 is 4.74 Å². The van der Waals surface area contributed by atoms with E-state index in [1.54, 1.807) is 5.43 Å². The van der Waals surface area contributed by atoms with Crippen LogP contribution >= 0.6 is 0 Å². The molecule has 0 radical (unpaired) electrons. The topological polar surface area (TPSA) is 114 Å². The summed E-state index contributed by atoms with van der Waals surface area (Å²) in [7, 11) is 0. The molecule has 1 N–H and O–H groups in total. The van der Waals surface area contributed by atoms with E-state index in [0.29, 0.717) is 0 Å². The van der Waals surface area contributed by atoms with Crippen molar-refractivity contribution in [1.29, 1.82) is 0 Å². The SMILES string of the molecule is CCOC(=O)C(=O)C1N=NNC(=O)C1=O. The molecule has 1 rings (SSSR count).